The Hall–Kier alpha value is -4.94. The van der Waals surface area contributed by atoms with E-state index in [2.05, 4.69) is 59.5 Å². The number of carboxylic acids is 1. The maximum absolute atomic E-state index is 16.2. The predicted molar refractivity (Wildman–Crippen MR) is 166 cm³/mol. The van der Waals surface area contributed by atoms with Gasteiger partial charge in [0, 0.05) is 30.3 Å². The zero-order chi connectivity index (χ0) is 32.9. The predicted octanol–water partition coefficient (Wildman–Crippen LogP) is 4.99. The average Bonchev–Trinajstić information content (AvgIpc) is 3.63. The number of methoxy groups -OCH3 is 1. The molecule has 0 radical (unpaired) electrons. The molecule has 0 aliphatic carbocycles. The number of benzene rings is 2. The Morgan fingerprint density at radius 1 is 1.22 bits per heavy atom. The summed E-state index contributed by atoms with van der Waals surface area (Å²) < 4.78 is 34.6. The van der Waals surface area contributed by atoms with Gasteiger partial charge in [-0.05, 0) is 48.5 Å². The number of aromatic carboxylic acids is 1. The summed E-state index contributed by atoms with van der Waals surface area (Å²) in [5, 5.41) is 32.4. The van der Waals surface area contributed by atoms with Crippen molar-refractivity contribution in [3.05, 3.63) is 81.4 Å². The van der Waals surface area contributed by atoms with E-state index in [1.165, 1.54) is 19.2 Å². The SMILES string of the molecule is COc1cc(OCCCO[Si](C)(C)C(C)(C)C)c(F)c(C(Nc2ccc(C#N)cc2)c2nn(-c3[nH]ncc3C(=O)O)c(=O)[nH]2)c1. The van der Waals surface area contributed by atoms with E-state index in [0.29, 0.717) is 24.3 Å². The summed E-state index contributed by atoms with van der Waals surface area (Å²) in [5.41, 5.74) is -0.154. The topological polar surface area (TPSA) is 180 Å². The summed E-state index contributed by atoms with van der Waals surface area (Å²) in [7, 11) is -0.520. The van der Waals surface area contributed by atoms with Crippen molar-refractivity contribution >= 4 is 20.0 Å². The second-order valence-corrected chi connectivity index (χ2v) is 16.6. The third kappa shape index (κ3) is 7.41. The van der Waals surface area contributed by atoms with Crippen LogP contribution in [-0.2, 0) is 4.43 Å². The molecule has 0 bridgehead atoms. The molecule has 4 N–H and O–H groups in total. The first-order valence-electron chi connectivity index (χ1n) is 14.1. The molecule has 238 valence electrons. The van der Waals surface area contributed by atoms with E-state index in [-0.39, 0.29) is 45.9 Å². The fourth-order valence-corrected chi connectivity index (χ4v) is 5.22. The number of nitrogens with one attached hydrogen (secondary N) is 3. The number of hydrogen-bond donors (Lipinski definition) is 4. The molecular formula is C30H36FN7O6Si. The molecule has 2 heterocycles. The van der Waals surface area contributed by atoms with E-state index in [1.807, 2.05) is 6.07 Å². The molecule has 0 saturated carbocycles. The minimum absolute atomic E-state index is 0.0233. The van der Waals surface area contributed by atoms with Gasteiger partial charge in [-0.15, -0.1) is 5.10 Å². The molecule has 0 saturated heterocycles. The van der Waals surface area contributed by atoms with Crippen molar-refractivity contribution in [1.29, 1.82) is 5.26 Å². The number of hydrogen-bond acceptors (Lipinski definition) is 9. The quantitative estimate of drug-likeness (QED) is 0.115. The number of ether oxygens (including phenoxy) is 2. The molecule has 2 aromatic carbocycles. The van der Waals surface area contributed by atoms with E-state index >= 15 is 4.39 Å². The number of rotatable bonds is 13. The zero-order valence-electron chi connectivity index (χ0n) is 25.9. The summed E-state index contributed by atoms with van der Waals surface area (Å²) in [5.74, 6) is -2.06. The standard InChI is InChI=1S/C30H36FN7O6Si/c1-30(2,3)45(5,6)44-13-7-12-43-23-15-20(42-4)14-21(24(23)31)25(34-19-10-8-18(16-32)9-11-19)26-35-29(41)38(37-26)27-22(28(39)40)17-33-36-27/h8-11,14-15,17,25,34H,7,12-13H2,1-6H3,(H,33,36)(H,39,40)(H,35,37,41). The molecule has 1 atom stereocenters. The van der Waals surface area contributed by atoms with Crippen LogP contribution in [0.4, 0.5) is 10.1 Å². The number of H-pyrrole nitrogens is 2. The van der Waals surface area contributed by atoms with Gasteiger partial charge in [0.2, 0.25) is 0 Å². The number of aromatic amines is 2. The van der Waals surface area contributed by atoms with Crippen molar-refractivity contribution in [1.82, 2.24) is 25.0 Å². The summed E-state index contributed by atoms with van der Waals surface area (Å²) in [6, 6.07) is 10.2. The maximum Gasteiger partial charge on any atom is 0.349 e. The third-order valence-electron chi connectivity index (χ3n) is 7.70. The Kier molecular flexibility index (Phi) is 9.79. The van der Waals surface area contributed by atoms with Crippen LogP contribution in [0.3, 0.4) is 0 Å². The smallest absolute Gasteiger partial charge is 0.349 e. The lowest BCUT2D eigenvalue weighted by molar-refractivity contribution is 0.0696. The van der Waals surface area contributed by atoms with Crippen molar-refractivity contribution in [2.45, 2.75) is 51.4 Å². The Balaban J connectivity index is 1.70. The fourth-order valence-electron chi connectivity index (χ4n) is 4.13. The van der Waals surface area contributed by atoms with Gasteiger partial charge in [0.15, 0.2) is 31.5 Å². The monoisotopic (exact) mass is 637 g/mol. The third-order valence-corrected chi connectivity index (χ3v) is 12.2. The fraction of sp³-hybridized carbons (Fsp3) is 0.367. The lowest BCUT2D eigenvalue weighted by atomic mass is 10.0. The molecular weight excluding hydrogens is 601 g/mol. The van der Waals surface area contributed by atoms with Gasteiger partial charge < -0.3 is 24.3 Å². The molecule has 0 aliphatic rings. The number of nitrogens with zero attached hydrogens (tertiary/aromatic N) is 4. The minimum atomic E-state index is -1.95. The van der Waals surface area contributed by atoms with Crippen molar-refractivity contribution < 1.29 is 28.2 Å². The number of halogens is 1. The highest BCUT2D eigenvalue weighted by Crippen LogP contribution is 2.37. The number of carboxylic acid groups (broad SMARTS) is 1. The molecule has 1 unspecified atom stereocenters. The summed E-state index contributed by atoms with van der Waals surface area (Å²) in [6.45, 7) is 11.4. The molecule has 15 heteroatoms. The second kappa shape index (κ2) is 13.4. The molecule has 0 fully saturated rings. The average molecular weight is 638 g/mol. The highest BCUT2D eigenvalue weighted by molar-refractivity contribution is 6.74. The van der Waals surface area contributed by atoms with E-state index < -0.39 is 31.8 Å². The van der Waals surface area contributed by atoms with Gasteiger partial charge in [0.25, 0.3) is 0 Å². The van der Waals surface area contributed by atoms with Crippen LogP contribution in [0.1, 0.15) is 60.5 Å². The van der Waals surface area contributed by atoms with Crippen LogP contribution in [0.5, 0.6) is 11.5 Å². The van der Waals surface area contributed by atoms with E-state index in [1.54, 1.807) is 24.3 Å². The first-order valence-corrected chi connectivity index (χ1v) is 17.0. The lowest BCUT2D eigenvalue weighted by Crippen LogP contribution is -2.41. The largest absolute Gasteiger partial charge is 0.497 e. The van der Waals surface area contributed by atoms with Gasteiger partial charge in [-0.25, -0.2) is 14.0 Å². The molecule has 4 rings (SSSR count). The normalized spacial score (nSPS) is 12.4. The van der Waals surface area contributed by atoms with Crippen LogP contribution >= 0.6 is 0 Å². The van der Waals surface area contributed by atoms with Gasteiger partial charge >= 0.3 is 11.7 Å². The van der Waals surface area contributed by atoms with Gasteiger partial charge in [0.1, 0.15) is 17.4 Å². The van der Waals surface area contributed by atoms with Crippen molar-refractivity contribution in [3.63, 3.8) is 0 Å². The summed E-state index contributed by atoms with van der Waals surface area (Å²) >= 11 is 0. The van der Waals surface area contributed by atoms with Crippen LogP contribution in [0, 0.1) is 17.1 Å². The molecule has 0 spiro atoms. The molecule has 2 aromatic heterocycles. The number of carbonyl (C=O) groups is 1. The number of nitriles is 1. The highest BCUT2D eigenvalue weighted by Gasteiger charge is 2.37. The minimum Gasteiger partial charge on any atom is -0.497 e. The highest BCUT2D eigenvalue weighted by atomic mass is 28.4. The van der Waals surface area contributed by atoms with Crippen LogP contribution in [-0.4, -0.2) is 64.7 Å². The molecule has 45 heavy (non-hydrogen) atoms. The van der Waals surface area contributed by atoms with Crippen LogP contribution in [0.15, 0.2) is 47.4 Å². The van der Waals surface area contributed by atoms with Crippen LogP contribution in [0.2, 0.25) is 18.1 Å². The van der Waals surface area contributed by atoms with Crippen molar-refractivity contribution in [3.8, 4) is 23.4 Å². The van der Waals surface area contributed by atoms with E-state index in [4.69, 9.17) is 13.9 Å². The summed E-state index contributed by atoms with van der Waals surface area (Å²) in [4.78, 5) is 27.2. The molecule has 13 nitrogen and oxygen atoms in total. The van der Waals surface area contributed by atoms with Gasteiger partial charge in [0.05, 0.1) is 31.5 Å². The number of anilines is 1. The molecule has 0 amide bonds. The van der Waals surface area contributed by atoms with E-state index in [0.717, 1.165) is 10.9 Å². The van der Waals surface area contributed by atoms with Crippen LogP contribution in [0.25, 0.3) is 5.82 Å². The Labute approximate surface area is 260 Å². The Morgan fingerprint density at radius 3 is 2.56 bits per heavy atom. The van der Waals surface area contributed by atoms with Gasteiger partial charge in [-0.2, -0.15) is 15.0 Å². The van der Waals surface area contributed by atoms with Gasteiger partial charge in [-0.3, -0.25) is 10.1 Å². The summed E-state index contributed by atoms with van der Waals surface area (Å²) in [6.07, 6.45) is 1.58. The maximum atomic E-state index is 16.2. The van der Waals surface area contributed by atoms with Gasteiger partial charge in [-0.1, -0.05) is 20.8 Å². The van der Waals surface area contributed by atoms with Crippen molar-refractivity contribution in [2.24, 2.45) is 0 Å². The van der Waals surface area contributed by atoms with Crippen molar-refractivity contribution in [2.75, 3.05) is 25.6 Å². The Bertz CT molecular complexity index is 1750. The first-order chi connectivity index (χ1) is 21.3. The first kappa shape index (κ1) is 33.0. The number of aromatic nitrogens is 5. The van der Waals surface area contributed by atoms with Crippen LogP contribution < -0.4 is 20.5 Å². The molecule has 4 aromatic rings. The Morgan fingerprint density at radius 2 is 1.93 bits per heavy atom. The zero-order valence-corrected chi connectivity index (χ0v) is 26.9. The van der Waals surface area contributed by atoms with E-state index in [9.17, 15) is 20.0 Å². The second-order valence-electron chi connectivity index (χ2n) is 11.8. The lowest BCUT2D eigenvalue weighted by Gasteiger charge is -2.36. The molecule has 0 aliphatic heterocycles.